The Hall–Kier alpha value is -3.27. The number of carbonyl (C=O) groups excluding carboxylic acids is 2. The largest absolute Gasteiger partial charge is 0.451 e. The number of halogens is 1. The number of hydrogen-bond acceptors (Lipinski definition) is 5. The molecule has 3 rings (SSSR count). The van der Waals surface area contributed by atoms with Gasteiger partial charge in [0.15, 0.2) is 16.0 Å². The van der Waals surface area contributed by atoms with Crippen LogP contribution in [0.5, 0.6) is 0 Å². The zero-order valence-electron chi connectivity index (χ0n) is 16.9. The fourth-order valence-corrected chi connectivity index (χ4v) is 3.14. The molecule has 0 bridgehead atoms. The van der Waals surface area contributed by atoms with Crippen LogP contribution in [0.3, 0.4) is 0 Å². The Morgan fingerprint density at radius 2 is 1.41 bits per heavy atom. The highest BCUT2D eigenvalue weighted by Gasteiger charge is 2.14. The average Bonchev–Trinajstić information content (AvgIpc) is 3.26. The van der Waals surface area contributed by atoms with Gasteiger partial charge in [0.25, 0.3) is 5.91 Å². The van der Waals surface area contributed by atoms with Gasteiger partial charge in [-0.05, 0) is 85.1 Å². The molecular weight excluding hydrogens is 468 g/mol. The van der Waals surface area contributed by atoms with Crippen LogP contribution in [0.25, 0.3) is 11.3 Å². The number of anilines is 2. The van der Waals surface area contributed by atoms with Crippen molar-refractivity contribution in [2.24, 2.45) is 0 Å². The summed E-state index contributed by atoms with van der Waals surface area (Å²) < 4.78 is 5.62. The Balaban J connectivity index is 1.53. The van der Waals surface area contributed by atoms with Crippen molar-refractivity contribution in [3.05, 3.63) is 71.4 Å². The third kappa shape index (κ3) is 6.61. The third-order valence-corrected chi connectivity index (χ3v) is 4.82. The summed E-state index contributed by atoms with van der Waals surface area (Å²) in [5.41, 5.74) is 2.15. The first kappa shape index (κ1) is 23.4. The molecule has 0 aliphatic heterocycles. The molecule has 1 aromatic heterocycles. The van der Waals surface area contributed by atoms with Crippen molar-refractivity contribution in [2.45, 2.75) is 13.3 Å². The van der Waals surface area contributed by atoms with E-state index in [0.29, 0.717) is 28.6 Å². The highest BCUT2D eigenvalue weighted by Crippen LogP contribution is 2.23. The normalized spacial score (nSPS) is 10.2. The van der Waals surface area contributed by atoms with E-state index in [4.69, 9.17) is 40.5 Å². The Morgan fingerprint density at radius 3 is 1.97 bits per heavy atom. The molecule has 0 unspecified atom stereocenters. The van der Waals surface area contributed by atoms with Crippen molar-refractivity contribution in [1.82, 2.24) is 10.6 Å². The number of amides is 2. The van der Waals surface area contributed by atoms with Crippen molar-refractivity contribution in [3.8, 4) is 11.3 Å². The minimum absolute atomic E-state index is 0.117. The Bertz CT molecular complexity index is 1140. The van der Waals surface area contributed by atoms with Gasteiger partial charge in [-0.25, -0.2) is 0 Å². The maximum atomic E-state index is 12.4. The fourth-order valence-electron chi connectivity index (χ4n) is 2.57. The van der Waals surface area contributed by atoms with E-state index < -0.39 is 5.91 Å². The summed E-state index contributed by atoms with van der Waals surface area (Å²) in [4.78, 5) is 23.8. The molecule has 0 atom stereocenters. The lowest BCUT2D eigenvalue weighted by molar-refractivity contribution is -0.119. The highest BCUT2D eigenvalue weighted by atomic mass is 35.5. The number of furan rings is 1. The number of hydrogen-bond donors (Lipinski definition) is 4. The molecule has 0 aliphatic rings. The monoisotopic (exact) mass is 486 g/mol. The molecule has 0 aliphatic carbocycles. The standard InChI is InChI=1S/C22H19ClN4O3S2/c1-2-19(28)26-21(31)24-15-7-9-16(10-8-15)25-22(32)27-20(29)18-12-11-17(30-18)13-3-5-14(23)6-4-13/h3-12H,2H2,1H3,(H2,24,26,28,31)(H2,25,27,29,32). The molecule has 0 saturated carbocycles. The third-order valence-electron chi connectivity index (χ3n) is 4.16. The summed E-state index contributed by atoms with van der Waals surface area (Å²) in [6.07, 6.45) is 0.342. The van der Waals surface area contributed by atoms with Crippen LogP contribution in [0.4, 0.5) is 11.4 Å². The summed E-state index contributed by atoms with van der Waals surface area (Å²) in [6, 6.07) is 17.4. The molecule has 2 amide bonds. The van der Waals surface area contributed by atoms with Crippen LogP contribution in [0, 0.1) is 0 Å². The Kier molecular flexibility index (Phi) is 7.93. The summed E-state index contributed by atoms with van der Waals surface area (Å²) in [5.74, 6) is 0.0276. The van der Waals surface area contributed by atoms with Crippen molar-refractivity contribution in [1.29, 1.82) is 0 Å². The molecule has 1 heterocycles. The maximum Gasteiger partial charge on any atom is 0.293 e. The first-order valence-corrected chi connectivity index (χ1v) is 10.7. The van der Waals surface area contributed by atoms with E-state index >= 15 is 0 Å². The van der Waals surface area contributed by atoms with Crippen molar-refractivity contribution < 1.29 is 14.0 Å². The van der Waals surface area contributed by atoms with Gasteiger partial charge in [0.2, 0.25) is 5.91 Å². The second-order valence-electron chi connectivity index (χ2n) is 6.51. The van der Waals surface area contributed by atoms with Crippen LogP contribution < -0.4 is 21.3 Å². The number of benzene rings is 2. The van der Waals surface area contributed by atoms with Gasteiger partial charge in [0.05, 0.1) is 0 Å². The minimum Gasteiger partial charge on any atom is -0.451 e. The van der Waals surface area contributed by atoms with Crippen LogP contribution in [-0.2, 0) is 4.79 Å². The first-order valence-electron chi connectivity index (χ1n) is 9.53. The van der Waals surface area contributed by atoms with Gasteiger partial charge >= 0.3 is 0 Å². The predicted molar refractivity (Wildman–Crippen MR) is 134 cm³/mol. The topological polar surface area (TPSA) is 95.4 Å². The van der Waals surface area contributed by atoms with Gasteiger partial charge in [-0.15, -0.1) is 0 Å². The van der Waals surface area contributed by atoms with E-state index in [1.54, 1.807) is 67.6 Å². The van der Waals surface area contributed by atoms with Crippen LogP contribution in [0.15, 0.2) is 65.1 Å². The lowest BCUT2D eigenvalue weighted by Gasteiger charge is -2.11. The summed E-state index contributed by atoms with van der Waals surface area (Å²) in [5, 5.41) is 11.9. The van der Waals surface area contributed by atoms with Crippen molar-refractivity contribution >= 4 is 69.5 Å². The van der Waals surface area contributed by atoms with Gasteiger partial charge in [0.1, 0.15) is 5.76 Å². The number of nitrogens with one attached hydrogen (secondary N) is 4. The molecule has 0 radical (unpaired) electrons. The summed E-state index contributed by atoms with van der Waals surface area (Å²) in [7, 11) is 0. The van der Waals surface area contributed by atoms with Gasteiger partial charge < -0.3 is 20.4 Å². The minimum atomic E-state index is -0.474. The number of rotatable bonds is 5. The van der Waals surface area contributed by atoms with E-state index in [1.807, 2.05) is 0 Å². The molecule has 0 fully saturated rings. The van der Waals surface area contributed by atoms with Gasteiger partial charge in [0, 0.05) is 28.4 Å². The molecule has 32 heavy (non-hydrogen) atoms. The summed E-state index contributed by atoms with van der Waals surface area (Å²) >= 11 is 16.2. The lowest BCUT2D eigenvalue weighted by atomic mass is 10.2. The molecule has 10 heteroatoms. The van der Waals surface area contributed by atoms with Crippen LogP contribution >= 0.6 is 36.0 Å². The van der Waals surface area contributed by atoms with E-state index in [9.17, 15) is 9.59 Å². The second kappa shape index (κ2) is 10.9. The average molecular weight is 487 g/mol. The second-order valence-corrected chi connectivity index (χ2v) is 7.77. The first-order chi connectivity index (χ1) is 15.3. The number of carbonyl (C=O) groups is 2. The molecule has 0 spiro atoms. The van der Waals surface area contributed by atoms with Crippen LogP contribution in [0.2, 0.25) is 5.02 Å². The molecule has 164 valence electrons. The van der Waals surface area contributed by atoms with Crippen LogP contribution in [-0.4, -0.2) is 22.0 Å². The Labute approximate surface area is 200 Å². The van der Waals surface area contributed by atoms with E-state index in [0.717, 1.165) is 5.56 Å². The van der Waals surface area contributed by atoms with E-state index in [1.165, 1.54) is 0 Å². The maximum absolute atomic E-state index is 12.4. The lowest BCUT2D eigenvalue weighted by Crippen LogP contribution is -2.34. The van der Waals surface area contributed by atoms with E-state index in [2.05, 4.69) is 21.3 Å². The molecule has 7 nitrogen and oxygen atoms in total. The molecule has 0 saturated heterocycles. The highest BCUT2D eigenvalue weighted by molar-refractivity contribution is 7.80. The molecule has 2 aromatic carbocycles. The number of thiocarbonyl (C=S) groups is 2. The Morgan fingerprint density at radius 1 is 0.844 bits per heavy atom. The molecule has 3 aromatic rings. The predicted octanol–water partition coefficient (Wildman–Crippen LogP) is 4.95. The van der Waals surface area contributed by atoms with Crippen molar-refractivity contribution in [3.63, 3.8) is 0 Å². The molecular formula is C22H19ClN4O3S2. The zero-order valence-corrected chi connectivity index (χ0v) is 19.3. The summed E-state index contributed by atoms with van der Waals surface area (Å²) in [6.45, 7) is 1.74. The van der Waals surface area contributed by atoms with Gasteiger partial charge in [-0.3, -0.25) is 14.9 Å². The van der Waals surface area contributed by atoms with Gasteiger partial charge in [-0.2, -0.15) is 0 Å². The molecule has 4 N–H and O–H groups in total. The fraction of sp³-hybridized carbons (Fsp3) is 0.0909. The van der Waals surface area contributed by atoms with Gasteiger partial charge in [-0.1, -0.05) is 18.5 Å². The van der Waals surface area contributed by atoms with Crippen molar-refractivity contribution in [2.75, 3.05) is 10.6 Å². The smallest absolute Gasteiger partial charge is 0.293 e. The quantitative estimate of drug-likeness (QED) is 0.379. The zero-order chi connectivity index (χ0) is 23.1. The van der Waals surface area contributed by atoms with Crippen LogP contribution in [0.1, 0.15) is 23.9 Å². The van der Waals surface area contributed by atoms with E-state index in [-0.39, 0.29) is 21.9 Å². The SMILES string of the molecule is CCC(=O)NC(=S)Nc1ccc(NC(=S)NC(=O)c2ccc(-c3ccc(Cl)cc3)o2)cc1.